The van der Waals surface area contributed by atoms with Crippen LogP contribution in [0.2, 0.25) is 10.4 Å². The first-order valence-corrected chi connectivity index (χ1v) is 7.18. The molecule has 0 aliphatic carbocycles. The van der Waals surface area contributed by atoms with Crippen LogP contribution in [0.15, 0.2) is 12.3 Å². The van der Waals surface area contributed by atoms with Crippen LogP contribution in [0, 0.1) is 0 Å². The average Bonchev–Trinajstić information content (AvgIpc) is 2.62. The molecule has 21 heavy (non-hydrogen) atoms. The SMILES string of the molecule is Cn1c2nc(Cl)nc(OC(C)(C)C)c2c2ccnc(Cl)c21. The van der Waals surface area contributed by atoms with E-state index in [-0.39, 0.29) is 5.28 Å². The fourth-order valence-electron chi connectivity index (χ4n) is 2.30. The number of rotatable bonds is 1. The van der Waals surface area contributed by atoms with Crippen LogP contribution in [0.5, 0.6) is 5.88 Å². The van der Waals surface area contributed by atoms with Gasteiger partial charge in [-0.1, -0.05) is 11.6 Å². The quantitative estimate of drug-likeness (QED) is 0.501. The monoisotopic (exact) mass is 324 g/mol. The third-order valence-corrected chi connectivity index (χ3v) is 3.48. The van der Waals surface area contributed by atoms with Gasteiger partial charge in [-0.3, -0.25) is 0 Å². The van der Waals surface area contributed by atoms with E-state index in [0.717, 1.165) is 16.3 Å². The van der Waals surface area contributed by atoms with Crippen molar-refractivity contribution in [2.75, 3.05) is 0 Å². The van der Waals surface area contributed by atoms with Crippen molar-refractivity contribution in [2.45, 2.75) is 26.4 Å². The molecule has 0 saturated heterocycles. The third kappa shape index (κ3) is 2.40. The van der Waals surface area contributed by atoms with Gasteiger partial charge in [-0.25, -0.2) is 4.98 Å². The Labute approximate surface area is 131 Å². The minimum Gasteiger partial charge on any atom is -0.471 e. The molecule has 0 aliphatic heterocycles. The number of hydrogen-bond donors (Lipinski definition) is 0. The van der Waals surface area contributed by atoms with Gasteiger partial charge in [-0.2, -0.15) is 9.97 Å². The second-order valence-electron chi connectivity index (χ2n) is 5.77. The second-order valence-corrected chi connectivity index (χ2v) is 6.46. The molecule has 0 unspecified atom stereocenters. The zero-order valence-electron chi connectivity index (χ0n) is 12.1. The van der Waals surface area contributed by atoms with Gasteiger partial charge in [0.15, 0.2) is 5.15 Å². The van der Waals surface area contributed by atoms with Crippen molar-refractivity contribution < 1.29 is 4.74 Å². The van der Waals surface area contributed by atoms with Crippen LogP contribution >= 0.6 is 23.2 Å². The predicted molar refractivity (Wildman–Crippen MR) is 84.2 cm³/mol. The van der Waals surface area contributed by atoms with E-state index in [4.69, 9.17) is 27.9 Å². The lowest BCUT2D eigenvalue weighted by Gasteiger charge is -2.20. The summed E-state index contributed by atoms with van der Waals surface area (Å²) >= 11 is 12.2. The molecule has 0 aromatic carbocycles. The van der Waals surface area contributed by atoms with Gasteiger partial charge < -0.3 is 9.30 Å². The number of aromatic nitrogens is 4. The van der Waals surface area contributed by atoms with Gasteiger partial charge in [0.25, 0.3) is 0 Å². The molecular weight excluding hydrogens is 311 g/mol. The number of nitrogens with zero attached hydrogens (tertiary/aromatic N) is 4. The molecule has 0 amide bonds. The number of fused-ring (bicyclic) bond motifs is 3. The first-order chi connectivity index (χ1) is 9.78. The highest BCUT2D eigenvalue weighted by atomic mass is 35.5. The molecule has 0 fully saturated rings. The minimum absolute atomic E-state index is 0.136. The first kappa shape index (κ1) is 14.4. The second kappa shape index (κ2) is 4.71. The van der Waals surface area contributed by atoms with Gasteiger partial charge >= 0.3 is 0 Å². The lowest BCUT2D eigenvalue weighted by atomic mass is 10.2. The molecular formula is C14H14Cl2N4O. The van der Waals surface area contributed by atoms with Crippen molar-refractivity contribution >= 4 is 45.1 Å². The lowest BCUT2D eigenvalue weighted by Crippen LogP contribution is -2.23. The molecule has 110 valence electrons. The Morgan fingerprint density at radius 2 is 1.90 bits per heavy atom. The molecule has 3 heterocycles. The summed E-state index contributed by atoms with van der Waals surface area (Å²) in [6.07, 6.45) is 1.65. The molecule has 0 N–H and O–H groups in total. The summed E-state index contributed by atoms with van der Waals surface area (Å²) in [5.74, 6) is 0.449. The maximum Gasteiger partial charge on any atom is 0.228 e. The normalized spacial score (nSPS) is 12.3. The van der Waals surface area contributed by atoms with E-state index in [0.29, 0.717) is 16.7 Å². The number of pyridine rings is 1. The molecule has 3 aromatic rings. The van der Waals surface area contributed by atoms with Crippen molar-refractivity contribution in [3.05, 3.63) is 22.7 Å². The summed E-state index contributed by atoms with van der Waals surface area (Å²) in [6.45, 7) is 5.86. The number of ether oxygens (including phenoxy) is 1. The molecule has 0 aliphatic rings. The molecule has 0 bridgehead atoms. The highest BCUT2D eigenvalue weighted by Crippen LogP contribution is 2.36. The van der Waals surface area contributed by atoms with E-state index >= 15 is 0 Å². The van der Waals surface area contributed by atoms with Gasteiger partial charge in [-0.05, 0) is 38.4 Å². The maximum atomic E-state index is 6.21. The van der Waals surface area contributed by atoms with Crippen LogP contribution in [0.4, 0.5) is 0 Å². The largest absolute Gasteiger partial charge is 0.471 e. The zero-order chi connectivity index (χ0) is 15.4. The molecule has 0 saturated carbocycles. The molecule has 0 atom stereocenters. The predicted octanol–water partition coefficient (Wildman–Crippen LogP) is 4.00. The van der Waals surface area contributed by atoms with Crippen molar-refractivity contribution in [1.82, 2.24) is 19.5 Å². The Bertz CT molecular complexity index is 852. The van der Waals surface area contributed by atoms with E-state index in [2.05, 4.69) is 15.0 Å². The van der Waals surface area contributed by atoms with Crippen molar-refractivity contribution in [1.29, 1.82) is 0 Å². The lowest BCUT2D eigenvalue weighted by molar-refractivity contribution is 0.126. The van der Waals surface area contributed by atoms with E-state index in [1.165, 1.54) is 0 Å². The van der Waals surface area contributed by atoms with Gasteiger partial charge in [0, 0.05) is 18.6 Å². The van der Waals surface area contributed by atoms with E-state index in [9.17, 15) is 0 Å². The van der Waals surface area contributed by atoms with Crippen molar-refractivity contribution in [2.24, 2.45) is 7.05 Å². The topological polar surface area (TPSA) is 52.8 Å². The van der Waals surface area contributed by atoms with Crippen LogP contribution in [-0.4, -0.2) is 25.1 Å². The molecule has 3 aromatic heterocycles. The smallest absolute Gasteiger partial charge is 0.228 e. The Morgan fingerprint density at radius 3 is 2.57 bits per heavy atom. The van der Waals surface area contributed by atoms with Crippen LogP contribution in [0.25, 0.3) is 21.9 Å². The summed E-state index contributed by atoms with van der Waals surface area (Å²) in [4.78, 5) is 12.6. The highest BCUT2D eigenvalue weighted by Gasteiger charge is 2.22. The summed E-state index contributed by atoms with van der Waals surface area (Å²) in [7, 11) is 1.86. The molecule has 0 radical (unpaired) electrons. The molecule has 7 heteroatoms. The van der Waals surface area contributed by atoms with Crippen LogP contribution in [0.3, 0.4) is 0 Å². The summed E-state index contributed by atoms with van der Waals surface area (Å²) in [5.41, 5.74) is 1.05. The summed E-state index contributed by atoms with van der Waals surface area (Å²) in [5, 5.41) is 2.22. The van der Waals surface area contributed by atoms with Crippen molar-refractivity contribution in [3.63, 3.8) is 0 Å². The van der Waals surface area contributed by atoms with Gasteiger partial charge in [0.2, 0.25) is 11.2 Å². The number of hydrogen-bond acceptors (Lipinski definition) is 4. The summed E-state index contributed by atoms with van der Waals surface area (Å²) in [6, 6.07) is 1.87. The van der Waals surface area contributed by atoms with Crippen LogP contribution in [-0.2, 0) is 7.05 Å². The Hall–Kier alpha value is -1.59. The van der Waals surface area contributed by atoms with E-state index in [1.807, 2.05) is 38.5 Å². The number of halogens is 2. The average molecular weight is 325 g/mol. The van der Waals surface area contributed by atoms with E-state index in [1.54, 1.807) is 6.20 Å². The highest BCUT2D eigenvalue weighted by molar-refractivity contribution is 6.35. The Morgan fingerprint density at radius 1 is 1.19 bits per heavy atom. The first-order valence-electron chi connectivity index (χ1n) is 6.43. The summed E-state index contributed by atoms with van der Waals surface area (Å²) < 4.78 is 7.80. The van der Waals surface area contributed by atoms with Gasteiger partial charge in [0.1, 0.15) is 11.2 Å². The number of aryl methyl sites for hydroxylation is 1. The van der Waals surface area contributed by atoms with Crippen molar-refractivity contribution in [3.8, 4) is 5.88 Å². The van der Waals surface area contributed by atoms with Gasteiger partial charge in [0.05, 0.1) is 10.9 Å². The minimum atomic E-state index is -0.399. The van der Waals surface area contributed by atoms with Gasteiger partial charge in [-0.15, -0.1) is 0 Å². The fourth-order valence-corrected chi connectivity index (χ4v) is 2.74. The standard InChI is InChI=1S/C14H14Cl2N4O/c1-14(2,3)21-12-8-7-5-6-17-10(15)9(7)20(4)11(8)18-13(16)19-12/h5-6H,1-4H3. The third-order valence-electron chi connectivity index (χ3n) is 3.03. The molecule has 3 rings (SSSR count). The maximum absolute atomic E-state index is 6.21. The fraction of sp³-hybridized carbons (Fsp3) is 0.357. The van der Waals surface area contributed by atoms with E-state index < -0.39 is 5.60 Å². The zero-order valence-corrected chi connectivity index (χ0v) is 13.6. The molecule has 5 nitrogen and oxygen atoms in total. The Kier molecular flexibility index (Phi) is 3.22. The van der Waals surface area contributed by atoms with Crippen LogP contribution in [0.1, 0.15) is 20.8 Å². The van der Waals surface area contributed by atoms with Crippen LogP contribution < -0.4 is 4.74 Å². The molecule has 0 spiro atoms. The Balaban J connectivity index is 2.46.